The normalized spacial score (nSPS) is 17.2. The van der Waals surface area contributed by atoms with Crippen molar-refractivity contribution in [2.45, 2.75) is 13.3 Å². The molecule has 0 saturated heterocycles. The van der Waals surface area contributed by atoms with Crippen LogP contribution in [0.25, 0.3) is 0 Å². The van der Waals surface area contributed by atoms with Gasteiger partial charge in [-0.15, -0.1) is 0 Å². The number of likely N-dealkylation sites (N-methyl/N-ethyl adjacent to an activating group) is 1. The van der Waals surface area contributed by atoms with Gasteiger partial charge in [0.15, 0.2) is 0 Å². The van der Waals surface area contributed by atoms with Gasteiger partial charge in [0.1, 0.15) is 6.54 Å². The molecule has 0 saturated carbocycles. The van der Waals surface area contributed by atoms with Gasteiger partial charge in [-0.2, -0.15) is 0 Å². The molecule has 19 heavy (non-hydrogen) atoms. The Morgan fingerprint density at radius 1 is 1.42 bits per heavy atom. The molecule has 0 aliphatic carbocycles. The maximum Gasteiger partial charge on any atom is 0.323 e. The molecule has 1 aromatic rings. The van der Waals surface area contributed by atoms with Crippen LogP contribution in [0.1, 0.15) is 12.5 Å². The first-order valence-corrected chi connectivity index (χ1v) is 6.44. The molecule has 0 fully saturated rings. The summed E-state index contributed by atoms with van der Waals surface area (Å²) in [7, 11) is 0. The van der Waals surface area contributed by atoms with Crippen molar-refractivity contribution >= 4 is 17.6 Å². The number of nitrogens with zero attached hydrogens (tertiary/aromatic N) is 1. The molecule has 1 aliphatic rings. The van der Waals surface area contributed by atoms with Crippen LogP contribution in [0.3, 0.4) is 0 Å². The van der Waals surface area contributed by atoms with Crippen LogP contribution >= 0.6 is 0 Å². The van der Waals surface area contributed by atoms with Gasteiger partial charge in [0.25, 0.3) is 0 Å². The van der Waals surface area contributed by atoms with Crippen molar-refractivity contribution in [2.24, 2.45) is 5.92 Å². The number of nitrogens with one attached hydrogen (secondary N) is 1. The Morgan fingerprint density at radius 2 is 2.16 bits per heavy atom. The molecule has 102 valence electrons. The smallest absolute Gasteiger partial charge is 0.323 e. The SMILES string of the molecule is CCN(CC(=O)O)C(=O)C1CNc2ccccc2C1. The third-order valence-corrected chi connectivity index (χ3v) is 3.39. The number of carboxylic acid groups (broad SMARTS) is 1. The number of benzene rings is 1. The Labute approximate surface area is 112 Å². The number of rotatable bonds is 4. The summed E-state index contributed by atoms with van der Waals surface area (Å²) in [5.41, 5.74) is 2.17. The van der Waals surface area contributed by atoms with E-state index in [0.717, 1.165) is 11.3 Å². The van der Waals surface area contributed by atoms with Crippen molar-refractivity contribution < 1.29 is 14.7 Å². The number of fused-ring (bicyclic) bond motifs is 1. The highest BCUT2D eigenvalue weighted by molar-refractivity contribution is 5.84. The molecule has 1 aromatic carbocycles. The fraction of sp³-hybridized carbons (Fsp3) is 0.429. The lowest BCUT2D eigenvalue weighted by molar-refractivity contribution is -0.146. The summed E-state index contributed by atoms with van der Waals surface area (Å²) in [5.74, 6) is -1.25. The van der Waals surface area contributed by atoms with Gasteiger partial charge in [-0.05, 0) is 25.0 Å². The van der Waals surface area contributed by atoms with Crippen molar-refractivity contribution in [1.29, 1.82) is 0 Å². The van der Waals surface area contributed by atoms with Gasteiger partial charge >= 0.3 is 5.97 Å². The average Bonchev–Trinajstić information content (AvgIpc) is 2.43. The first-order valence-electron chi connectivity index (χ1n) is 6.44. The van der Waals surface area contributed by atoms with E-state index in [1.54, 1.807) is 6.92 Å². The van der Waals surface area contributed by atoms with Crippen LogP contribution in [0.2, 0.25) is 0 Å². The number of para-hydroxylation sites is 1. The second-order valence-corrected chi connectivity index (χ2v) is 4.69. The molecule has 5 nitrogen and oxygen atoms in total. The summed E-state index contributed by atoms with van der Waals surface area (Å²) in [6, 6.07) is 7.89. The van der Waals surface area contributed by atoms with Gasteiger partial charge in [0, 0.05) is 18.8 Å². The summed E-state index contributed by atoms with van der Waals surface area (Å²) >= 11 is 0. The van der Waals surface area contributed by atoms with E-state index in [-0.39, 0.29) is 18.4 Å². The monoisotopic (exact) mass is 262 g/mol. The van der Waals surface area contributed by atoms with Crippen LogP contribution in [0.5, 0.6) is 0 Å². The number of amides is 1. The molecule has 1 unspecified atom stereocenters. The van der Waals surface area contributed by atoms with Crippen LogP contribution in [0, 0.1) is 5.92 Å². The average molecular weight is 262 g/mol. The lowest BCUT2D eigenvalue weighted by Crippen LogP contribution is -2.43. The third kappa shape index (κ3) is 3.05. The lowest BCUT2D eigenvalue weighted by atomic mass is 9.93. The van der Waals surface area contributed by atoms with Gasteiger partial charge in [-0.25, -0.2) is 0 Å². The van der Waals surface area contributed by atoms with Crippen LogP contribution in [-0.2, 0) is 16.0 Å². The lowest BCUT2D eigenvalue weighted by Gasteiger charge is -2.29. The van der Waals surface area contributed by atoms with Gasteiger partial charge in [0.2, 0.25) is 5.91 Å². The first-order chi connectivity index (χ1) is 9.11. The standard InChI is InChI=1S/C14H18N2O3/c1-2-16(9-13(17)18)14(19)11-7-10-5-3-4-6-12(10)15-8-11/h3-6,11,15H,2,7-9H2,1H3,(H,17,18). The van der Waals surface area contributed by atoms with E-state index in [1.165, 1.54) is 4.90 Å². The number of aliphatic carboxylic acids is 1. The van der Waals surface area contributed by atoms with Crippen LogP contribution in [0.4, 0.5) is 5.69 Å². The van der Waals surface area contributed by atoms with E-state index >= 15 is 0 Å². The summed E-state index contributed by atoms with van der Waals surface area (Å²) in [4.78, 5) is 24.4. The fourth-order valence-corrected chi connectivity index (χ4v) is 2.38. The minimum Gasteiger partial charge on any atom is -0.480 e. The molecular weight excluding hydrogens is 244 g/mol. The van der Waals surface area contributed by atoms with Crippen LogP contribution in [-0.4, -0.2) is 41.5 Å². The summed E-state index contributed by atoms with van der Waals surface area (Å²) in [5, 5.41) is 12.0. The van der Waals surface area contributed by atoms with Gasteiger partial charge in [-0.1, -0.05) is 18.2 Å². The summed E-state index contributed by atoms with van der Waals surface area (Å²) in [6.45, 7) is 2.55. The molecule has 0 radical (unpaired) electrons. The predicted octanol–water partition coefficient (Wildman–Crippen LogP) is 1.20. The molecule has 1 amide bonds. The zero-order valence-electron chi connectivity index (χ0n) is 10.9. The highest BCUT2D eigenvalue weighted by Crippen LogP contribution is 2.25. The number of carboxylic acids is 1. The highest BCUT2D eigenvalue weighted by Gasteiger charge is 2.28. The largest absolute Gasteiger partial charge is 0.480 e. The Balaban J connectivity index is 2.07. The molecular formula is C14H18N2O3. The van der Waals surface area contributed by atoms with Crippen molar-refractivity contribution in [1.82, 2.24) is 4.90 Å². The second-order valence-electron chi connectivity index (χ2n) is 4.69. The first kappa shape index (κ1) is 13.4. The van der Waals surface area contributed by atoms with E-state index < -0.39 is 5.97 Å². The molecule has 1 aliphatic heterocycles. The zero-order valence-corrected chi connectivity index (χ0v) is 10.9. The maximum atomic E-state index is 12.3. The third-order valence-electron chi connectivity index (χ3n) is 3.39. The molecule has 0 aromatic heterocycles. The summed E-state index contributed by atoms with van der Waals surface area (Å²) < 4.78 is 0. The van der Waals surface area contributed by atoms with Crippen LogP contribution < -0.4 is 5.32 Å². The minimum absolute atomic E-state index is 0.0908. The van der Waals surface area contributed by atoms with Gasteiger partial charge < -0.3 is 15.3 Å². The predicted molar refractivity (Wildman–Crippen MR) is 72.0 cm³/mol. The number of carbonyl (C=O) groups is 2. The quantitative estimate of drug-likeness (QED) is 0.855. The number of carbonyl (C=O) groups excluding carboxylic acids is 1. The number of hydrogen-bond acceptors (Lipinski definition) is 3. The van der Waals surface area contributed by atoms with E-state index in [0.29, 0.717) is 19.5 Å². The van der Waals surface area contributed by atoms with Crippen molar-refractivity contribution in [3.63, 3.8) is 0 Å². The van der Waals surface area contributed by atoms with E-state index in [2.05, 4.69) is 5.32 Å². The second kappa shape index (κ2) is 5.73. The highest BCUT2D eigenvalue weighted by atomic mass is 16.4. The van der Waals surface area contributed by atoms with E-state index in [1.807, 2.05) is 24.3 Å². The van der Waals surface area contributed by atoms with Crippen molar-refractivity contribution in [3.8, 4) is 0 Å². The molecule has 2 rings (SSSR count). The van der Waals surface area contributed by atoms with Crippen molar-refractivity contribution in [3.05, 3.63) is 29.8 Å². The molecule has 0 spiro atoms. The molecule has 1 heterocycles. The molecule has 0 bridgehead atoms. The Kier molecular flexibility index (Phi) is 4.04. The maximum absolute atomic E-state index is 12.3. The summed E-state index contributed by atoms with van der Waals surface area (Å²) in [6.07, 6.45) is 0.665. The Bertz CT molecular complexity index is 487. The Morgan fingerprint density at radius 3 is 2.84 bits per heavy atom. The van der Waals surface area contributed by atoms with E-state index in [9.17, 15) is 9.59 Å². The molecule has 2 N–H and O–H groups in total. The minimum atomic E-state index is -0.973. The van der Waals surface area contributed by atoms with Gasteiger partial charge in [0.05, 0.1) is 5.92 Å². The van der Waals surface area contributed by atoms with Crippen LogP contribution in [0.15, 0.2) is 24.3 Å². The Hall–Kier alpha value is -2.04. The van der Waals surface area contributed by atoms with Crippen molar-refractivity contribution in [2.75, 3.05) is 25.0 Å². The number of anilines is 1. The van der Waals surface area contributed by atoms with E-state index in [4.69, 9.17) is 5.11 Å². The fourth-order valence-electron chi connectivity index (χ4n) is 2.38. The topological polar surface area (TPSA) is 69.6 Å². The zero-order chi connectivity index (χ0) is 13.8. The number of hydrogen-bond donors (Lipinski definition) is 2. The molecule has 1 atom stereocenters. The molecule has 5 heteroatoms. The van der Waals surface area contributed by atoms with Gasteiger partial charge in [-0.3, -0.25) is 9.59 Å².